The van der Waals surface area contributed by atoms with E-state index >= 15 is 0 Å². The van der Waals surface area contributed by atoms with Gasteiger partial charge in [-0.2, -0.15) is 0 Å². The summed E-state index contributed by atoms with van der Waals surface area (Å²) in [4.78, 5) is 30.8. The van der Waals surface area contributed by atoms with Crippen LogP contribution in [-0.2, 0) is 30.9 Å². The first-order valence-corrected chi connectivity index (χ1v) is 10.4. The summed E-state index contributed by atoms with van der Waals surface area (Å²) in [6.07, 6.45) is 0. The number of rotatable bonds is 9. The van der Waals surface area contributed by atoms with Gasteiger partial charge in [0.25, 0.3) is 15.9 Å². The Labute approximate surface area is 170 Å². The van der Waals surface area contributed by atoms with Crippen molar-refractivity contribution in [2.45, 2.75) is 18.4 Å². The van der Waals surface area contributed by atoms with Crippen LogP contribution in [0.3, 0.4) is 0 Å². The third-order valence-corrected chi connectivity index (χ3v) is 5.95. The first-order valence-electron chi connectivity index (χ1n) is 8.91. The lowest BCUT2D eigenvalue weighted by Crippen LogP contribution is -2.34. The van der Waals surface area contributed by atoms with Crippen LogP contribution < -0.4 is 0 Å². The molecule has 0 heterocycles. The van der Waals surface area contributed by atoms with Crippen LogP contribution in [0.5, 0.6) is 0 Å². The van der Waals surface area contributed by atoms with E-state index in [-0.39, 0.29) is 16.4 Å². The fraction of sp³-hybridized carbons (Fsp3) is 0.300. The first kappa shape index (κ1) is 22.5. The Balaban J connectivity index is 1.97. The van der Waals surface area contributed by atoms with Crippen LogP contribution in [0, 0.1) is 0 Å². The second kappa shape index (κ2) is 10.1. The monoisotopic (exact) mass is 420 g/mol. The van der Waals surface area contributed by atoms with E-state index in [0.717, 1.165) is 5.56 Å². The summed E-state index contributed by atoms with van der Waals surface area (Å²) in [7, 11) is -1.31. The summed E-state index contributed by atoms with van der Waals surface area (Å²) in [6, 6.07) is 14.7. The SMILES string of the molecule is CCN(Cc1ccccc1)C(=O)COC(=O)c1ccc(S(=O)(=O)N(C)OC)cc1. The van der Waals surface area contributed by atoms with Crippen LogP contribution in [-0.4, -0.2) is 57.0 Å². The lowest BCUT2D eigenvalue weighted by Gasteiger charge is -2.20. The Morgan fingerprint density at radius 2 is 1.62 bits per heavy atom. The number of esters is 1. The fourth-order valence-electron chi connectivity index (χ4n) is 2.49. The molecule has 0 aliphatic rings. The van der Waals surface area contributed by atoms with E-state index in [1.54, 1.807) is 4.90 Å². The summed E-state index contributed by atoms with van der Waals surface area (Å²) in [6.45, 7) is 2.35. The van der Waals surface area contributed by atoms with Crippen molar-refractivity contribution < 1.29 is 27.6 Å². The zero-order valence-corrected chi connectivity index (χ0v) is 17.4. The van der Waals surface area contributed by atoms with Gasteiger partial charge < -0.3 is 9.64 Å². The molecule has 0 atom stereocenters. The topological polar surface area (TPSA) is 93.2 Å². The van der Waals surface area contributed by atoms with Gasteiger partial charge in [0.2, 0.25) is 0 Å². The van der Waals surface area contributed by atoms with Crippen LogP contribution >= 0.6 is 0 Å². The number of hydrogen-bond donors (Lipinski definition) is 0. The number of nitrogens with zero attached hydrogens (tertiary/aromatic N) is 2. The molecule has 0 fully saturated rings. The van der Waals surface area contributed by atoms with Crippen LogP contribution in [0.15, 0.2) is 59.5 Å². The van der Waals surface area contributed by atoms with Gasteiger partial charge in [-0.1, -0.05) is 34.8 Å². The van der Waals surface area contributed by atoms with Crippen molar-refractivity contribution in [2.75, 3.05) is 27.3 Å². The molecule has 0 N–H and O–H groups in total. The molecule has 2 aromatic rings. The minimum Gasteiger partial charge on any atom is -0.452 e. The Kier molecular flexibility index (Phi) is 7.89. The maximum Gasteiger partial charge on any atom is 0.338 e. The molecule has 1 amide bonds. The number of amides is 1. The molecule has 2 rings (SSSR count). The van der Waals surface area contributed by atoms with Crippen LogP contribution in [0.2, 0.25) is 0 Å². The number of sulfonamides is 1. The third kappa shape index (κ3) is 5.86. The van der Waals surface area contributed by atoms with Crippen LogP contribution in [0.4, 0.5) is 0 Å². The van der Waals surface area contributed by atoms with Gasteiger partial charge in [0, 0.05) is 20.1 Å². The molecule has 156 valence electrons. The molecular formula is C20H24N2O6S. The average Bonchev–Trinajstić information content (AvgIpc) is 2.75. The van der Waals surface area contributed by atoms with E-state index < -0.39 is 22.6 Å². The molecule has 0 aliphatic carbocycles. The standard InChI is InChI=1S/C20H24N2O6S/c1-4-22(14-16-8-6-5-7-9-16)19(23)15-28-20(24)17-10-12-18(13-11-17)29(25,26)21(2)27-3/h5-13H,4,14-15H2,1-3H3. The molecule has 8 nitrogen and oxygen atoms in total. The predicted octanol–water partition coefficient (Wildman–Crippen LogP) is 2.07. The molecule has 29 heavy (non-hydrogen) atoms. The maximum absolute atomic E-state index is 12.4. The molecular weight excluding hydrogens is 396 g/mol. The van der Waals surface area contributed by atoms with Gasteiger partial charge in [-0.05, 0) is 36.8 Å². The van der Waals surface area contributed by atoms with E-state index in [9.17, 15) is 18.0 Å². The van der Waals surface area contributed by atoms with Crippen molar-refractivity contribution >= 4 is 21.9 Å². The molecule has 0 aliphatic heterocycles. The number of carbonyl (C=O) groups is 2. The summed E-state index contributed by atoms with van der Waals surface area (Å²) >= 11 is 0. The lowest BCUT2D eigenvalue weighted by atomic mass is 10.2. The number of hydroxylamine groups is 1. The Morgan fingerprint density at radius 1 is 1.00 bits per heavy atom. The van der Waals surface area contributed by atoms with Gasteiger partial charge in [0.15, 0.2) is 6.61 Å². The molecule has 9 heteroatoms. The predicted molar refractivity (Wildman–Crippen MR) is 106 cm³/mol. The summed E-state index contributed by atoms with van der Waals surface area (Å²) in [5, 5.41) is 0. The number of ether oxygens (including phenoxy) is 1. The molecule has 0 spiro atoms. The van der Waals surface area contributed by atoms with Crippen LogP contribution in [0.1, 0.15) is 22.8 Å². The second-order valence-corrected chi connectivity index (χ2v) is 8.03. The zero-order valence-electron chi connectivity index (χ0n) is 16.6. The first-order chi connectivity index (χ1) is 13.8. The van der Waals surface area contributed by atoms with E-state index in [4.69, 9.17) is 9.57 Å². The molecule has 0 aromatic heterocycles. The molecule has 0 saturated heterocycles. The highest BCUT2D eigenvalue weighted by atomic mass is 32.2. The minimum atomic E-state index is -3.80. The van der Waals surface area contributed by atoms with Crippen molar-refractivity contribution in [1.29, 1.82) is 0 Å². The molecule has 2 aromatic carbocycles. The van der Waals surface area contributed by atoms with Crippen LogP contribution in [0.25, 0.3) is 0 Å². The summed E-state index contributed by atoms with van der Waals surface area (Å²) in [5.74, 6) is -1.02. The average molecular weight is 420 g/mol. The Morgan fingerprint density at radius 3 is 2.17 bits per heavy atom. The van der Waals surface area contributed by atoms with Gasteiger partial charge in [-0.25, -0.2) is 13.2 Å². The number of benzene rings is 2. The maximum atomic E-state index is 12.4. The van der Waals surface area contributed by atoms with E-state index in [1.165, 1.54) is 38.4 Å². The Hall–Kier alpha value is -2.75. The van der Waals surface area contributed by atoms with Crippen molar-refractivity contribution in [1.82, 2.24) is 9.37 Å². The highest BCUT2D eigenvalue weighted by Crippen LogP contribution is 2.15. The fourth-order valence-corrected chi connectivity index (χ4v) is 3.46. The lowest BCUT2D eigenvalue weighted by molar-refractivity contribution is -0.134. The molecule has 0 radical (unpaired) electrons. The largest absolute Gasteiger partial charge is 0.452 e. The van der Waals surface area contributed by atoms with Gasteiger partial charge in [-0.3, -0.25) is 9.63 Å². The van der Waals surface area contributed by atoms with Gasteiger partial charge in [0.1, 0.15) is 0 Å². The number of carbonyl (C=O) groups excluding carboxylic acids is 2. The van der Waals surface area contributed by atoms with Gasteiger partial charge in [0.05, 0.1) is 17.6 Å². The van der Waals surface area contributed by atoms with Crippen molar-refractivity contribution in [3.05, 3.63) is 65.7 Å². The highest BCUT2D eigenvalue weighted by molar-refractivity contribution is 7.89. The third-order valence-electron chi connectivity index (χ3n) is 4.26. The van der Waals surface area contributed by atoms with Crippen molar-refractivity contribution in [2.24, 2.45) is 0 Å². The molecule has 0 saturated carbocycles. The van der Waals surface area contributed by atoms with Gasteiger partial charge >= 0.3 is 5.97 Å². The summed E-state index contributed by atoms with van der Waals surface area (Å²) in [5.41, 5.74) is 1.12. The number of likely N-dealkylation sites (N-methyl/N-ethyl adjacent to an activating group) is 1. The minimum absolute atomic E-state index is 0.0329. The molecule has 0 unspecified atom stereocenters. The van der Waals surface area contributed by atoms with Gasteiger partial charge in [-0.15, -0.1) is 0 Å². The quantitative estimate of drug-likeness (QED) is 0.455. The zero-order chi connectivity index (χ0) is 21.4. The van der Waals surface area contributed by atoms with Crippen molar-refractivity contribution in [3.8, 4) is 0 Å². The van der Waals surface area contributed by atoms with E-state index in [1.807, 2.05) is 37.3 Å². The Bertz CT molecular complexity index is 929. The van der Waals surface area contributed by atoms with Crippen molar-refractivity contribution in [3.63, 3.8) is 0 Å². The summed E-state index contributed by atoms with van der Waals surface area (Å²) < 4.78 is 30.1. The molecule has 0 bridgehead atoms. The van der Waals surface area contributed by atoms with E-state index in [0.29, 0.717) is 17.6 Å². The number of hydrogen-bond acceptors (Lipinski definition) is 6. The second-order valence-electron chi connectivity index (χ2n) is 6.09. The highest BCUT2D eigenvalue weighted by Gasteiger charge is 2.21. The normalized spacial score (nSPS) is 11.3. The van der Waals surface area contributed by atoms with E-state index in [2.05, 4.69) is 0 Å². The smallest absolute Gasteiger partial charge is 0.338 e.